The molecule has 0 saturated carbocycles. The average molecular weight is 422 g/mol. The third-order valence-electron chi connectivity index (χ3n) is 5.89. The lowest BCUT2D eigenvalue weighted by molar-refractivity contribution is -0.128. The molecule has 6 nitrogen and oxygen atoms in total. The van der Waals surface area contributed by atoms with Crippen LogP contribution in [0.15, 0.2) is 36.4 Å². The lowest BCUT2D eigenvalue weighted by Gasteiger charge is -2.31. The Balaban J connectivity index is 1.48. The molecule has 0 unspecified atom stereocenters. The quantitative estimate of drug-likeness (QED) is 0.775. The number of nitrogens with zero attached hydrogens (tertiary/aromatic N) is 1. The number of anilines is 1. The Bertz CT molecular complexity index is 968. The molecule has 1 heterocycles. The zero-order valence-electron chi connectivity index (χ0n) is 18.7. The van der Waals surface area contributed by atoms with Gasteiger partial charge < -0.3 is 15.5 Å². The second-order valence-electron chi connectivity index (χ2n) is 8.42. The van der Waals surface area contributed by atoms with Crippen LogP contribution >= 0.6 is 0 Å². The molecular weight excluding hydrogens is 390 g/mol. The van der Waals surface area contributed by atoms with Gasteiger partial charge in [-0.05, 0) is 63.3 Å². The van der Waals surface area contributed by atoms with Crippen LogP contribution in [0.25, 0.3) is 0 Å². The predicted octanol–water partition coefficient (Wildman–Crippen LogP) is 3.53. The highest BCUT2D eigenvalue weighted by molar-refractivity contribution is 5.97. The fourth-order valence-electron chi connectivity index (χ4n) is 4.20. The highest BCUT2D eigenvalue weighted by Gasteiger charge is 2.28. The molecule has 2 aromatic rings. The summed E-state index contributed by atoms with van der Waals surface area (Å²) in [6, 6.07) is 11.6. The maximum atomic E-state index is 12.7. The van der Waals surface area contributed by atoms with Crippen LogP contribution in [-0.4, -0.2) is 42.3 Å². The number of carbonyl (C=O) groups excluding carboxylic acids is 3. The van der Waals surface area contributed by atoms with Gasteiger partial charge in [-0.2, -0.15) is 0 Å². The minimum absolute atomic E-state index is 0.0140. The molecule has 1 aliphatic heterocycles. The third-order valence-corrected chi connectivity index (χ3v) is 5.89. The van der Waals surface area contributed by atoms with E-state index < -0.39 is 0 Å². The van der Waals surface area contributed by atoms with Gasteiger partial charge in [-0.3, -0.25) is 14.4 Å². The molecule has 0 spiro atoms. The van der Waals surface area contributed by atoms with Crippen LogP contribution in [0, 0.1) is 33.6 Å². The van der Waals surface area contributed by atoms with E-state index in [-0.39, 0.29) is 30.2 Å². The van der Waals surface area contributed by atoms with E-state index in [1.165, 1.54) is 0 Å². The Morgan fingerprint density at radius 1 is 0.935 bits per heavy atom. The molecule has 3 rings (SSSR count). The van der Waals surface area contributed by atoms with Crippen molar-refractivity contribution in [3.05, 3.63) is 64.2 Å². The fraction of sp³-hybridized carbons (Fsp3) is 0.400. The Hall–Kier alpha value is -3.15. The van der Waals surface area contributed by atoms with Crippen molar-refractivity contribution >= 4 is 23.4 Å². The number of rotatable bonds is 5. The van der Waals surface area contributed by atoms with Crippen molar-refractivity contribution < 1.29 is 14.4 Å². The van der Waals surface area contributed by atoms with Crippen LogP contribution < -0.4 is 10.6 Å². The van der Waals surface area contributed by atoms with E-state index in [4.69, 9.17) is 0 Å². The van der Waals surface area contributed by atoms with Crippen molar-refractivity contribution in [1.82, 2.24) is 10.2 Å². The number of carbonyl (C=O) groups is 3. The molecule has 0 atom stereocenters. The standard InChI is InChI=1S/C25H31N3O3/c1-16-13-18(3)23(19(4)14-16)27-22(29)15-26-24(30)20-9-11-28(12-10-20)25(31)21-8-6-5-7-17(21)2/h5-8,13-14,20H,9-12,15H2,1-4H3,(H,26,30)(H,27,29). The van der Waals surface area contributed by atoms with Gasteiger partial charge in [0.15, 0.2) is 0 Å². The highest BCUT2D eigenvalue weighted by atomic mass is 16.2. The summed E-state index contributed by atoms with van der Waals surface area (Å²) in [6.45, 7) is 8.89. The smallest absolute Gasteiger partial charge is 0.254 e. The minimum atomic E-state index is -0.240. The number of likely N-dealkylation sites (tertiary alicyclic amines) is 1. The molecule has 2 N–H and O–H groups in total. The SMILES string of the molecule is Cc1cc(C)c(NC(=O)CNC(=O)C2CCN(C(=O)c3ccccc3C)CC2)c(C)c1. The second-order valence-corrected chi connectivity index (χ2v) is 8.42. The molecule has 0 aromatic heterocycles. The van der Waals surface area contributed by atoms with Gasteiger partial charge in [0, 0.05) is 30.3 Å². The van der Waals surface area contributed by atoms with Gasteiger partial charge in [0.1, 0.15) is 0 Å². The molecule has 0 aliphatic carbocycles. The Morgan fingerprint density at radius 3 is 2.16 bits per heavy atom. The van der Waals surface area contributed by atoms with Gasteiger partial charge in [0.05, 0.1) is 6.54 Å². The van der Waals surface area contributed by atoms with E-state index in [2.05, 4.69) is 10.6 Å². The zero-order chi connectivity index (χ0) is 22.5. The topological polar surface area (TPSA) is 78.5 Å². The van der Waals surface area contributed by atoms with E-state index in [0.29, 0.717) is 31.5 Å². The number of aryl methyl sites for hydroxylation is 4. The lowest BCUT2D eigenvalue weighted by atomic mass is 9.95. The summed E-state index contributed by atoms with van der Waals surface area (Å²) in [7, 11) is 0. The van der Waals surface area contributed by atoms with Gasteiger partial charge >= 0.3 is 0 Å². The van der Waals surface area contributed by atoms with Crippen LogP contribution in [0.1, 0.15) is 45.5 Å². The Labute approximate surface area is 184 Å². The summed E-state index contributed by atoms with van der Waals surface area (Å²) in [4.78, 5) is 39.4. The molecule has 0 radical (unpaired) electrons. The summed E-state index contributed by atoms with van der Waals surface area (Å²) in [5.41, 5.74) is 5.62. The number of hydrogen-bond donors (Lipinski definition) is 2. The van der Waals surface area contributed by atoms with Crippen molar-refractivity contribution in [3.63, 3.8) is 0 Å². The first kappa shape index (κ1) is 22.5. The van der Waals surface area contributed by atoms with Crippen LogP contribution in [-0.2, 0) is 9.59 Å². The summed E-state index contributed by atoms with van der Waals surface area (Å²) >= 11 is 0. The predicted molar refractivity (Wildman–Crippen MR) is 122 cm³/mol. The van der Waals surface area contributed by atoms with E-state index in [0.717, 1.165) is 27.9 Å². The molecule has 164 valence electrons. The first-order valence-electron chi connectivity index (χ1n) is 10.8. The molecule has 31 heavy (non-hydrogen) atoms. The Morgan fingerprint density at radius 2 is 1.55 bits per heavy atom. The summed E-state index contributed by atoms with van der Waals surface area (Å²) in [6.07, 6.45) is 1.20. The average Bonchev–Trinajstić information content (AvgIpc) is 2.74. The summed E-state index contributed by atoms with van der Waals surface area (Å²) in [5.74, 6) is -0.539. The molecule has 6 heteroatoms. The van der Waals surface area contributed by atoms with Crippen LogP contribution in [0.2, 0.25) is 0 Å². The molecule has 1 fully saturated rings. The van der Waals surface area contributed by atoms with Gasteiger partial charge in [0.2, 0.25) is 11.8 Å². The zero-order valence-corrected chi connectivity index (χ0v) is 18.7. The van der Waals surface area contributed by atoms with Gasteiger partial charge in [-0.15, -0.1) is 0 Å². The molecule has 1 saturated heterocycles. The first-order valence-corrected chi connectivity index (χ1v) is 10.8. The van der Waals surface area contributed by atoms with Crippen LogP contribution in [0.3, 0.4) is 0 Å². The van der Waals surface area contributed by atoms with Crippen molar-refractivity contribution in [2.75, 3.05) is 25.0 Å². The summed E-state index contributed by atoms with van der Waals surface area (Å²) in [5, 5.41) is 5.66. The summed E-state index contributed by atoms with van der Waals surface area (Å²) < 4.78 is 0. The lowest BCUT2D eigenvalue weighted by Crippen LogP contribution is -2.44. The number of amides is 3. The molecular formula is C25H31N3O3. The van der Waals surface area contributed by atoms with Gasteiger partial charge in [-0.25, -0.2) is 0 Å². The first-order chi connectivity index (χ1) is 14.8. The van der Waals surface area contributed by atoms with Gasteiger partial charge in [0.25, 0.3) is 5.91 Å². The molecule has 1 aliphatic rings. The molecule has 0 bridgehead atoms. The third kappa shape index (κ3) is 5.51. The number of piperidine rings is 1. The van der Waals surface area contributed by atoms with Crippen molar-refractivity contribution in [3.8, 4) is 0 Å². The van der Waals surface area contributed by atoms with Gasteiger partial charge in [-0.1, -0.05) is 35.9 Å². The Kier molecular flexibility index (Phi) is 7.10. The van der Waals surface area contributed by atoms with E-state index in [1.54, 1.807) is 0 Å². The maximum Gasteiger partial charge on any atom is 0.254 e. The number of nitrogens with one attached hydrogen (secondary N) is 2. The van der Waals surface area contributed by atoms with Crippen LogP contribution in [0.5, 0.6) is 0 Å². The monoisotopic (exact) mass is 421 g/mol. The molecule has 2 aromatic carbocycles. The van der Waals surface area contributed by atoms with Crippen LogP contribution in [0.4, 0.5) is 5.69 Å². The van der Waals surface area contributed by atoms with Crippen molar-refractivity contribution in [2.24, 2.45) is 5.92 Å². The maximum absolute atomic E-state index is 12.7. The fourth-order valence-corrected chi connectivity index (χ4v) is 4.20. The largest absolute Gasteiger partial charge is 0.347 e. The van der Waals surface area contributed by atoms with E-state index >= 15 is 0 Å². The van der Waals surface area contributed by atoms with E-state index in [1.807, 2.05) is 69.0 Å². The highest BCUT2D eigenvalue weighted by Crippen LogP contribution is 2.22. The van der Waals surface area contributed by atoms with E-state index in [9.17, 15) is 14.4 Å². The van der Waals surface area contributed by atoms with Crippen molar-refractivity contribution in [1.29, 1.82) is 0 Å². The second kappa shape index (κ2) is 9.77. The van der Waals surface area contributed by atoms with Crippen molar-refractivity contribution in [2.45, 2.75) is 40.5 Å². The minimum Gasteiger partial charge on any atom is -0.347 e. The normalized spacial score (nSPS) is 14.3. The molecule has 3 amide bonds. The number of benzene rings is 2. The number of hydrogen-bond acceptors (Lipinski definition) is 3.